The van der Waals surface area contributed by atoms with E-state index in [0.29, 0.717) is 24.0 Å². The summed E-state index contributed by atoms with van der Waals surface area (Å²) < 4.78 is 6.85. The number of esters is 1. The number of para-hydroxylation sites is 1. The number of nitrogens with zero attached hydrogens (tertiary/aromatic N) is 2. The number of hydrogen-bond donors (Lipinski definition) is 0. The number of carbonyl (C=O) groups is 1. The molecule has 0 aliphatic heterocycles. The molecule has 4 nitrogen and oxygen atoms in total. The SMILES string of the molecule is CCCn1c(C(=O)OCC)nc2cccc(Cl)c21. The molecule has 0 unspecified atom stereocenters. The molecule has 0 amide bonds. The third kappa shape index (κ3) is 2.20. The highest BCUT2D eigenvalue weighted by Gasteiger charge is 2.19. The molecule has 1 aromatic carbocycles. The lowest BCUT2D eigenvalue weighted by molar-refractivity contribution is 0.0507. The van der Waals surface area contributed by atoms with Crippen molar-refractivity contribution in [1.29, 1.82) is 0 Å². The zero-order valence-electron chi connectivity index (χ0n) is 10.4. The molecule has 1 heterocycles. The monoisotopic (exact) mass is 266 g/mol. The lowest BCUT2D eigenvalue weighted by atomic mass is 10.3. The normalized spacial score (nSPS) is 10.8. The summed E-state index contributed by atoms with van der Waals surface area (Å²) in [5.74, 6) is -0.0833. The van der Waals surface area contributed by atoms with E-state index in [1.165, 1.54) is 0 Å². The molecule has 0 aliphatic rings. The van der Waals surface area contributed by atoms with Crippen LogP contribution in [-0.4, -0.2) is 22.1 Å². The Hall–Kier alpha value is -1.55. The Morgan fingerprint density at radius 2 is 2.22 bits per heavy atom. The highest BCUT2D eigenvalue weighted by atomic mass is 35.5. The first-order chi connectivity index (χ1) is 8.69. The van der Waals surface area contributed by atoms with E-state index in [1.54, 1.807) is 13.0 Å². The van der Waals surface area contributed by atoms with Crippen LogP contribution in [0.3, 0.4) is 0 Å². The predicted molar refractivity (Wildman–Crippen MR) is 71.0 cm³/mol. The van der Waals surface area contributed by atoms with Crippen molar-refractivity contribution in [2.24, 2.45) is 0 Å². The summed E-state index contributed by atoms with van der Waals surface area (Å²) >= 11 is 6.18. The maximum absolute atomic E-state index is 11.9. The van der Waals surface area contributed by atoms with Crippen molar-refractivity contribution in [3.8, 4) is 0 Å². The van der Waals surface area contributed by atoms with Crippen LogP contribution in [0.2, 0.25) is 5.02 Å². The van der Waals surface area contributed by atoms with Gasteiger partial charge in [0.05, 0.1) is 22.7 Å². The molecule has 0 aliphatic carbocycles. The molecule has 2 rings (SSSR count). The van der Waals surface area contributed by atoms with E-state index >= 15 is 0 Å². The van der Waals surface area contributed by atoms with Crippen LogP contribution in [0.1, 0.15) is 30.9 Å². The first-order valence-electron chi connectivity index (χ1n) is 6.00. The fourth-order valence-corrected chi connectivity index (χ4v) is 2.21. The van der Waals surface area contributed by atoms with Gasteiger partial charge < -0.3 is 9.30 Å². The Kier molecular flexibility index (Phi) is 3.87. The van der Waals surface area contributed by atoms with E-state index in [4.69, 9.17) is 16.3 Å². The van der Waals surface area contributed by atoms with Crippen LogP contribution in [0.25, 0.3) is 11.0 Å². The molecule has 0 spiro atoms. The Labute approximate surface area is 111 Å². The van der Waals surface area contributed by atoms with Crippen LogP contribution in [0.15, 0.2) is 18.2 Å². The number of imidazole rings is 1. The summed E-state index contributed by atoms with van der Waals surface area (Å²) in [5.41, 5.74) is 1.52. The van der Waals surface area contributed by atoms with Crippen molar-refractivity contribution >= 4 is 28.6 Å². The second kappa shape index (κ2) is 5.40. The molecule has 0 N–H and O–H groups in total. The van der Waals surface area contributed by atoms with Gasteiger partial charge in [0, 0.05) is 6.54 Å². The van der Waals surface area contributed by atoms with Crippen LogP contribution < -0.4 is 0 Å². The fourth-order valence-electron chi connectivity index (χ4n) is 1.93. The molecule has 0 fully saturated rings. The fraction of sp³-hybridized carbons (Fsp3) is 0.385. The standard InChI is InChI=1S/C13H15ClN2O2/c1-3-8-16-11-9(14)6-5-7-10(11)15-12(16)13(17)18-4-2/h5-7H,3-4,8H2,1-2H3. The third-order valence-electron chi connectivity index (χ3n) is 2.62. The topological polar surface area (TPSA) is 44.1 Å². The average molecular weight is 267 g/mol. The van der Waals surface area contributed by atoms with E-state index in [1.807, 2.05) is 23.6 Å². The van der Waals surface area contributed by atoms with Gasteiger partial charge in [-0.15, -0.1) is 0 Å². The van der Waals surface area contributed by atoms with E-state index < -0.39 is 5.97 Å². The second-order valence-corrected chi connectivity index (χ2v) is 4.32. The largest absolute Gasteiger partial charge is 0.460 e. The number of halogens is 1. The molecule has 96 valence electrons. The maximum Gasteiger partial charge on any atom is 0.374 e. The van der Waals surface area contributed by atoms with E-state index in [0.717, 1.165) is 17.5 Å². The summed E-state index contributed by atoms with van der Waals surface area (Å²) in [6.07, 6.45) is 0.892. The quantitative estimate of drug-likeness (QED) is 0.798. The summed E-state index contributed by atoms with van der Waals surface area (Å²) in [6.45, 7) is 4.84. The molecular weight excluding hydrogens is 252 g/mol. The van der Waals surface area contributed by atoms with Gasteiger partial charge in [0.25, 0.3) is 0 Å². The van der Waals surface area contributed by atoms with Gasteiger partial charge in [-0.25, -0.2) is 9.78 Å². The lowest BCUT2D eigenvalue weighted by Gasteiger charge is -2.07. The molecule has 1 aromatic heterocycles. The van der Waals surface area contributed by atoms with Crippen LogP contribution >= 0.6 is 11.6 Å². The first kappa shape index (κ1) is 12.9. The highest BCUT2D eigenvalue weighted by Crippen LogP contribution is 2.25. The number of hydrogen-bond acceptors (Lipinski definition) is 3. The van der Waals surface area contributed by atoms with Gasteiger partial charge >= 0.3 is 5.97 Å². The van der Waals surface area contributed by atoms with Crippen LogP contribution in [-0.2, 0) is 11.3 Å². The van der Waals surface area contributed by atoms with Crippen molar-refractivity contribution < 1.29 is 9.53 Å². The Bertz CT molecular complexity index is 578. The molecule has 0 saturated heterocycles. The van der Waals surface area contributed by atoms with Crippen LogP contribution in [0.4, 0.5) is 0 Å². The zero-order chi connectivity index (χ0) is 13.1. The number of aromatic nitrogens is 2. The number of rotatable bonds is 4. The van der Waals surface area contributed by atoms with Gasteiger partial charge in [0.1, 0.15) is 0 Å². The molecule has 0 radical (unpaired) electrons. The molecular formula is C13H15ClN2O2. The summed E-state index contributed by atoms with van der Waals surface area (Å²) in [5, 5.41) is 0.601. The van der Waals surface area contributed by atoms with Crippen molar-refractivity contribution in [3.05, 3.63) is 29.0 Å². The minimum Gasteiger partial charge on any atom is -0.460 e. The minimum absolute atomic E-state index is 0.321. The van der Waals surface area contributed by atoms with Gasteiger partial charge in [-0.05, 0) is 25.5 Å². The zero-order valence-corrected chi connectivity index (χ0v) is 11.2. The van der Waals surface area contributed by atoms with Crippen LogP contribution in [0, 0.1) is 0 Å². The average Bonchev–Trinajstić information content (AvgIpc) is 2.70. The molecule has 0 saturated carbocycles. The van der Waals surface area contributed by atoms with Crippen molar-refractivity contribution in [2.75, 3.05) is 6.61 Å². The summed E-state index contributed by atoms with van der Waals surface area (Å²) in [4.78, 5) is 16.2. The maximum atomic E-state index is 11.9. The number of carbonyl (C=O) groups excluding carboxylic acids is 1. The summed E-state index contributed by atoms with van der Waals surface area (Å²) in [7, 11) is 0. The summed E-state index contributed by atoms with van der Waals surface area (Å²) in [6, 6.07) is 5.46. The number of fused-ring (bicyclic) bond motifs is 1. The Morgan fingerprint density at radius 1 is 1.44 bits per heavy atom. The van der Waals surface area contributed by atoms with E-state index in [2.05, 4.69) is 4.98 Å². The van der Waals surface area contributed by atoms with Crippen molar-refractivity contribution in [2.45, 2.75) is 26.8 Å². The number of aryl methyl sites for hydroxylation is 1. The van der Waals surface area contributed by atoms with E-state index in [-0.39, 0.29) is 0 Å². The molecule has 0 bridgehead atoms. The van der Waals surface area contributed by atoms with Crippen molar-refractivity contribution in [3.63, 3.8) is 0 Å². The second-order valence-electron chi connectivity index (χ2n) is 3.92. The highest BCUT2D eigenvalue weighted by molar-refractivity contribution is 6.35. The Morgan fingerprint density at radius 3 is 2.89 bits per heavy atom. The van der Waals surface area contributed by atoms with Gasteiger partial charge in [-0.3, -0.25) is 0 Å². The van der Waals surface area contributed by atoms with E-state index in [9.17, 15) is 4.79 Å². The van der Waals surface area contributed by atoms with Gasteiger partial charge in [-0.2, -0.15) is 0 Å². The molecule has 2 aromatic rings. The number of benzene rings is 1. The lowest BCUT2D eigenvalue weighted by Crippen LogP contribution is -2.13. The molecule has 18 heavy (non-hydrogen) atoms. The molecule has 0 atom stereocenters. The third-order valence-corrected chi connectivity index (χ3v) is 2.93. The predicted octanol–water partition coefficient (Wildman–Crippen LogP) is 3.28. The van der Waals surface area contributed by atoms with Gasteiger partial charge in [0.15, 0.2) is 0 Å². The first-order valence-corrected chi connectivity index (χ1v) is 6.38. The number of ether oxygens (including phenoxy) is 1. The van der Waals surface area contributed by atoms with Crippen molar-refractivity contribution in [1.82, 2.24) is 9.55 Å². The van der Waals surface area contributed by atoms with Gasteiger partial charge in [-0.1, -0.05) is 24.6 Å². The van der Waals surface area contributed by atoms with Gasteiger partial charge in [0.2, 0.25) is 5.82 Å². The smallest absolute Gasteiger partial charge is 0.374 e. The van der Waals surface area contributed by atoms with Crippen LogP contribution in [0.5, 0.6) is 0 Å². The minimum atomic E-state index is -0.404. The molecule has 5 heteroatoms. The Balaban J connectivity index is 2.62.